The predicted molar refractivity (Wildman–Crippen MR) is 86.6 cm³/mol. The van der Waals surface area contributed by atoms with Gasteiger partial charge in [0, 0.05) is 24.5 Å². The van der Waals surface area contributed by atoms with Crippen LogP contribution in [0, 0.1) is 0 Å². The van der Waals surface area contributed by atoms with Crippen molar-refractivity contribution in [2.45, 2.75) is 25.0 Å². The molecule has 0 unspecified atom stereocenters. The fourth-order valence-electron chi connectivity index (χ4n) is 1.76. The van der Waals surface area contributed by atoms with Gasteiger partial charge in [-0.15, -0.1) is 5.10 Å². The molecular weight excluding hydrogens is 316 g/mol. The Bertz CT molecular complexity index is 660. The highest BCUT2D eigenvalue weighted by Gasteiger charge is 2.15. The molecule has 23 heavy (non-hydrogen) atoms. The first kappa shape index (κ1) is 16.9. The molecule has 0 saturated heterocycles. The Morgan fingerprint density at radius 1 is 1.35 bits per heavy atom. The molecule has 2 aromatic rings. The van der Waals surface area contributed by atoms with E-state index in [1.807, 2.05) is 19.1 Å². The van der Waals surface area contributed by atoms with E-state index >= 15 is 0 Å². The van der Waals surface area contributed by atoms with Crippen LogP contribution in [0.3, 0.4) is 0 Å². The molecule has 1 atom stereocenters. The maximum Gasteiger partial charge on any atom is 0.242 e. The van der Waals surface area contributed by atoms with Gasteiger partial charge in [-0.1, -0.05) is 11.8 Å². The smallest absolute Gasteiger partial charge is 0.242 e. The van der Waals surface area contributed by atoms with Crippen LogP contribution in [0.5, 0.6) is 0 Å². The zero-order chi connectivity index (χ0) is 16.7. The van der Waals surface area contributed by atoms with Crippen LogP contribution in [-0.2, 0) is 9.59 Å². The highest BCUT2D eigenvalue weighted by Crippen LogP contribution is 2.18. The average Bonchev–Trinajstić information content (AvgIpc) is 3.03. The molecule has 0 aliphatic heterocycles. The van der Waals surface area contributed by atoms with Crippen molar-refractivity contribution in [1.29, 1.82) is 0 Å². The number of thioether (sulfide) groups is 1. The van der Waals surface area contributed by atoms with E-state index in [0.29, 0.717) is 17.5 Å². The van der Waals surface area contributed by atoms with Gasteiger partial charge in [0.15, 0.2) is 5.82 Å². The summed E-state index contributed by atoms with van der Waals surface area (Å²) in [5, 5.41) is 12.6. The third-order valence-electron chi connectivity index (χ3n) is 2.87. The van der Waals surface area contributed by atoms with Crippen LogP contribution in [0.2, 0.25) is 0 Å². The molecule has 122 valence electrons. The first-order valence-corrected chi connectivity index (χ1v) is 8.11. The molecule has 3 N–H and O–H groups in total. The number of likely N-dealkylation sites (N-methyl/N-ethyl adjacent to an activating group) is 1. The van der Waals surface area contributed by atoms with Crippen molar-refractivity contribution < 1.29 is 9.59 Å². The van der Waals surface area contributed by atoms with E-state index < -0.39 is 6.04 Å². The highest BCUT2D eigenvalue weighted by molar-refractivity contribution is 7.99. The van der Waals surface area contributed by atoms with Gasteiger partial charge in [0.2, 0.25) is 17.0 Å². The molecule has 0 aliphatic carbocycles. The topological polar surface area (TPSA) is 113 Å². The van der Waals surface area contributed by atoms with Crippen LogP contribution in [0.4, 0.5) is 0 Å². The minimum absolute atomic E-state index is 0.136. The summed E-state index contributed by atoms with van der Waals surface area (Å²) >= 11 is 1.20. The molecule has 2 amide bonds. The lowest BCUT2D eigenvalue weighted by Crippen LogP contribution is -2.45. The number of hydrogen-bond acceptors (Lipinski definition) is 6. The molecular formula is C14H18N6O2S. The van der Waals surface area contributed by atoms with Gasteiger partial charge < -0.3 is 10.6 Å². The lowest BCUT2D eigenvalue weighted by atomic mass is 10.3. The van der Waals surface area contributed by atoms with Gasteiger partial charge >= 0.3 is 0 Å². The average molecular weight is 334 g/mol. The second-order valence-electron chi connectivity index (χ2n) is 4.67. The maximum atomic E-state index is 11.8. The van der Waals surface area contributed by atoms with Crippen LogP contribution >= 0.6 is 11.8 Å². The minimum Gasteiger partial charge on any atom is -0.355 e. The summed E-state index contributed by atoms with van der Waals surface area (Å²) in [6.07, 6.45) is 3.34. The minimum atomic E-state index is -0.567. The number of H-pyrrole nitrogens is 1. The molecule has 0 aliphatic rings. The van der Waals surface area contributed by atoms with Gasteiger partial charge in [0.1, 0.15) is 6.04 Å². The Hall–Kier alpha value is -2.42. The Morgan fingerprint density at radius 2 is 2.09 bits per heavy atom. The highest BCUT2D eigenvalue weighted by atomic mass is 32.2. The summed E-state index contributed by atoms with van der Waals surface area (Å²) in [6, 6.07) is 3.06. The second-order valence-corrected chi connectivity index (χ2v) is 5.62. The number of hydrogen-bond donors (Lipinski definition) is 3. The number of aromatic amines is 1. The quantitative estimate of drug-likeness (QED) is 0.639. The van der Waals surface area contributed by atoms with E-state index in [2.05, 4.69) is 30.8 Å². The molecule has 8 nitrogen and oxygen atoms in total. The molecule has 9 heteroatoms. The first-order valence-electron chi connectivity index (χ1n) is 7.12. The third-order valence-corrected chi connectivity index (χ3v) is 3.72. The number of nitrogens with one attached hydrogen (secondary N) is 3. The number of carbonyl (C=O) groups excluding carboxylic acids is 2. The van der Waals surface area contributed by atoms with Crippen molar-refractivity contribution in [1.82, 2.24) is 30.8 Å². The van der Waals surface area contributed by atoms with Crippen molar-refractivity contribution in [3.63, 3.8) is 0 Å². The zero-order valence-electron chi connectivity index (χ0n) is 12.9. The number of carbonyl (C=O) groups is 2. The van der Waals surface area contributed by atoms with E-state index in [1.165, 1.54) is 11.8 Å². The molecule has 0 radical (unpaired) electrons. The summed E-state index contributed by atoms with van der Waals surface area (Å²) in [6.45, 7) is 4.00. The van der Waals surface area contributed by atoms with Gasteiger partial charge in [-0.05, 0) is 26.0 Å². The molecule has 2 aromatic heterocycles. The molecule has 0 spiro atoms. The van der Waals surface area contributed by atoms with Crippen LogP contribution in [0.25, 0.3) is 11.4 Å². The van der Waals surface area contributed by atoms with E-state index in [1.54, 1.807) is 19.3 Å². The van der Waals surface area contributed by atoms with Crippen molar-refractivity contribution in [3.05, 3.63) is 24.5 Å². The summed E-state index contributed by atoms with van der Waals surface area (Å²) in [4.78, 5) is 31.6. The molecule has 2 rings (SSSR count). The Labute approximate surface area is 137 Å². The van der Waals surface area contributed by atoms with Gasteiger partial charge in [-0.3, -0.25) is 19.7 Å². The Kier molecular flexibility index (Phi) is 6.10. The van der Waals surface area contributed by atoms with Crippen LogP contribution in [0.1, 0.15) is 13.8 Å². The molecule has 2 heterocycles. The van der Waals surface area contributed by atoms with E-state index in [-0.39, 0.29) is 17.6 Å². The number of pyridine rings is 1. The van der Waals surface area contributed by atoms with Gasteiger partial charge in [0.05, 0.1) is 5.75 Å². The zero-order valence-corrected chi connectivity index (χ0v) is 13.7. The Morgan fingerprint density at radius 3 is 2.78 bits per heavy atom. The fraction of sp³-hybridized carbons (Fsp3) is 0.357. The van der Waals surface area contributed by atoms with Crippen molar-refractivity contribution in [2.24, 2.45) is 0 Å². The van der Waals surface area contributed by atoms with E-state index in [0.717, 1.165) is 5.56 Å². The summed E-state index contributed by atoms with van der Waals surface area (Å²) < 4.78 is 0. The number of rotatable bonds is 7. The van der Waals surface area contributed by atoms with E-state index in [4.69, 9.17) is 0 Å². The largest absolute Gasteiger partial charge is 0.355 e. The fourth-order valence-corrected chi connectivity index (χ4v) is 2.37. The van der Waals surface area contributed by atoms with Crippen LogP contribution in [-0.4, -0.2) is 50.3 Å². The van der Waals surface area contributed by atoms with Crippen molar-refractivity contribution in [2.75, 3.05) is 12.3 Å². The van der Waals surface area contributed by atoms with Crippen molar-refractivity contribution >= 4 is 23.6 Å². The lowest BCUT2D eigenvalue weighted by molar-refractivity contribution is -0.127. The number of nitrogens with zero attached hydrogens (tertiary/aromatic N) is 3. The number of amides is 2. The molecule has 0 fully saturated rings. The summed E-state index contributed by atoms with van der Waals surface area (Å²) in [5.74, 6) is 0.302. The van der Waals surface area contributed by atoms with E-state index in [9.17, 15) is 9.59 Å². The number of aromatic nitrogens is 4. The van der Waals surface area contributed by atoms with Gasteiger partial charge in [-0.25, -0.2) is 4.98 Å². The normalized spacial score (nSPS) is 11.7. The molecule has 0 saturated carbocycles. The van der Waals surface area contributed by atoms with Gasteiger partial charge in [-0.2, -0.15) is 0 Å². The Balaban J connectivity index is 1.83. The van der Waals surface area contributed by atoms with Gasteiger partial charge in [0.25, 0.3) is 0 Å². The lowest BCUT2D eigenvalue weighted by Gasteiger charge is -2.12. The van der Waals surface area contributed by atoms with Crippen molar-refractivity contribution in [3.8, 4) is 11.4 Å². The maximum absolute atomic E-state index is 11.8. The third kappa shape index (κ3) is 5.06. The van der Waals surface area contributed by atoms with Crippen LogP contribution in [0.15, 0.2) is 29.7 Å². The monoisotopic (exact) mass is 334 g/mol. The molecule has 0 aromatic carbocycles. The van der Waals surface area contributed by atoms with Crippen LogP contribution < -0.4 is 10.6 Å². The summed E-state index contributed by atoms with van der Waals surface area (Å²) in [5.41, 5.74) is 0.869. The second kappa shape index (κ2) is 8.28. The first-order chi connectivity index (χ1) is 11.1. The predicted octanol–water partition coefficient (Wildman–Crippen LogP) is 0.600. The summed E-state index contributed by atoms with van der Waals surface area (Å²) in [7, 11) is 0. The molecule has 0 bridgehead atoms. The standard InChI is InChI=1S/C14H18N6O2S/c1-3-16-13(22)9(2)17-11(21)8-23-14-18-12(19-20-14)10-4-6-15-7-5-10/h4-7,9H,3,8H2,1-2H3,(H,16,22)(H,17,21)(H,18,19,20)/t9-/m0/s1. The SMILES string of the molecule is CCNC(=O)[C@H](C)NC(=O)CSc1n[nH]c(-c2ccncc2)n1.